The van der Waals surface area contributed by atoms with E-state index < -0.39 is 0 Å². The maximum Gasteiger partial charge on any atom is 0.0855 e. The first-order valence-corrected chi connectivity index (χ1v) is 8.18. The van der Waals surface area contributed by atoms with Crippen LogP contribution in [-0.2, 0) is 13.5 Å². The van der Waals surface area contributed by atoms with E-state index in [2.05, 4.69) is 35.4 Å². The van der Waals surface area contributed by atoms with Crippen LogP contribution in [0.25, 0.3) is 0 Å². The van der Waals surface area contributed by atoms with Gasteiger partial charge in [-0.1, -0.05) is 26.2 Å². The predicted molar refractivity (Wildman–Crippen MR) is 83.2 cm³/mol. The molecule has 20 heavy (non-hydrogen) atoms. The molecule has 4 heteroatoms. The highest BCUT2D eigenvalue weighted by molar-refractivity contribution is 5.51. The third-order valence-corrected chi connectivity index (χ3v) is 5.12. The molecule has 0 radical (unpaired) electrons. The van der Waals surface area contributed by atoms with Crippen LogP contribution < -0.4 is 10.2 Å². The van der Waals surface area contributed by atoms with Crippen LogP contribution in [0, 0.1) is 0 Å². The second-order valence-corrected chi connectivity index (χ2v) is 6.69. The van der Waals surface area contributed by atoms with E-state index in [4.69, 9.17) is 0 Å². The van der Waals surface area contributed by atoms with Crippen molar-refractivity contribution in [3.05, 3.63) is 11.9 Å². The molecule has 112 valence electrons. The van der Waals surface area contributed by atoms with Crippen LogP contribution in [0.5, 0.6) is 0 Å². The number of piperazine rings is 1. The molecule has 1 saturated heterocycles. The molecule has 0 amide bonds. The van der Waals surface area contributed by atoms with Gasteiger partial charge in [0.1, 0.15) is 0 Å². The van der Waals surface area contributed by atoms with Gasteiger partial charge in [-0.25, -0.2) is 0 Å². The largest absolute Gasteiger partial charge is 0.363 e. The first-order valence-electron chi connectivity index (χ1n) is 8.18. The zero-order valence-corrected chi connectivity index (χ0v) is 13.2. The number of hydrogen-bond donors (Lipinski definition) is 1. The average molecular weight is 276 g/mol. The highest BCUT2D eigenvalue weighted by Gasteiger charge is 2.39. The Hall–Kier alpha value is -1.03. The molecule has 1 spiro atoms. The summed E-state index contributed by atoms with van der Waals surface area (Å²) in [5, 5.41) is 8.49. The highest BCUT2D eigenvalue weighted by Crippen LogP contribution is 2.34. The second kappa shape index (κ2) is 5.40. The van der Waals surface area contributed by atoms with Crippen molar-refractivity contribution in [1.29, 1.82) is 0 Å². The summed E-state index contributed by atoms with van der Waals surface area (Å²) in [6, 6.07) is 0.553. The highest BCUT2D eigenvalue weighted by atomic mass is 15.3. The number of nitrogens with one attached hydrogen (secondary N) is 1. The number of rotatable bonds is 2. The van der Waals surface area contributed by atoms with Gasteiger partial charge < -0.3 is 10.2 Å². The Kier molecular flexibility index (Phi) is 3.76. The van der Waals surface area contributed by atoms with Crippen LogP contribution in [0.1, 0.15) is 51.6 Å². The van der Waals surface area contributed by atoms with Crippen molar-refractivity contribution in [3.63, 3.8) is 0 Å². The summed E-state index contributed by atoms with van der Waals surface area (Å²) in [7, 11) is 2.03. The first kappa shape index (κ1) is 13.9. The lowest BCUT2D eigenvalue weighted by Gasteiger charge is -2.49. The lowest BCUT2D eigenvalue weighted by Crippen LogP contribution is -2.64. The van der Waals surface area contributed by atoms with Gasteiger partial charge in [0.2, 0.25) is 0 Å². The molecule has 2 fully saturated rings. The summed E-state index contributed by atoms with van der Waals surface area (Å²) in [6.45, 7) is 6.77. The van der Waals surface area contributed by atoms with E-state index in [-0.39, 0.29) is 0 Å². The molecule has 1 aromatic rings. The van der Waals surface area contributed by atoms with Crippen LogP contribution in [-0.4, -0.2) is 34.5 Å². The quantitative estimate of drug-likeness (QED) is 0.901. The van der Waals surface area contributed by atoms with Crippen molar-refractivity contribution in [2.24, 2.45) is 7.05 Å². The molecule has 1 saturated carbocycles. The van der Waals surface area contributed by atoms with Crippen molar-refractivity contribution in [3.8, 4) is 0 Å². The minimum absolute atomic E-state index is 0.353. The first-order chi connectivity index (χ1) is 9.63. The molecule has 1 unspecified atom stereocenters. The number of aryl methyl sites for hydroxylation is 2. The van der Waals surface area contributed by atoms with Gasteiger partial charge in [0, 0.05) is 37.9 Å². The predicted octanol–water partition coefficient (Wildman–Crippen LogP) is 2.48. The summed E-state index contributed by atoms with van der Waals surface area (Å²) >= 11 is 0. The Labute approximate surface area is 122 Å². The molecule has 1 N–H and O–H groups in total. The molecule has 3 rings (SSSR count). The summed E-state index contributed by atoms with van der Waals surface area (Å²) in [5.41, 5.74) is 2.95. The standard InChI is InChI=1S/C16H28N4/c1-4-14-15(11-19(3)18-14)20-12-16(17-10-13(20)2)8-6-5-7-9-16/h11,13,17H,4-10,12H2,1-3H3. The molecular weight excluding hydrogens is 248 g/mol. The SMILES string of the molecule is CCc1nn(C)cc1N1CC2(CCCCC2)NCC1C. The second-order valence-electron chi connectivity index (χ2n) is 6.69. The van der Waals surface area contributed by atoms with E-state index in [9.17, 15) is 0 Å². The average Bonchev–Trinajstić information content (AvgIpc) is 2.84. The van der Waals surface area contributed by atoms with Gasteiger partial charge in [-0.3, -0.25) is 4.68 Å². The fraction of sp³-hybridized carbons (Fsp3) is 0.812. The minimum atomic E-state index is 0.353. The third-order valence-electron chi connectivity index (χ3n) is 5.12. The molecule has 2 heterocycles. The molecule has 2 aliphatic rings. The van der Waals surface area contributed by atoms with E-state index in [1.807, 2.05) is 11.7 Å². The van der Waals surface area contributed by atoms with E-state index in [1.54, 1.807) is 0 Å². The van der Waals surface area contributed by atoms with E-state index in [0.29, 0.717) is 11.6 Å². The zero-order chi connectivity index (χ0) is 14.2. The van der Waals surface area contributed by atoms with Crippen LogP contribution in [0.3, 0.4) is 0 Å². The van der Waals surface area contributed by atoms with Crippen molar-refractivity contribution in [2.45, 2.75) is 64.0 Å². The Morgan fingerprint density at radius 1 is 1.35 bits per heavy atom. The van der Waals surface area contributed by atoms with E-state index in [1.165, 1.54) is 43.5 Å². The van der Waals surface area contributed by atoms with E-state index >= 15 is 0 Å². The fourth-order valence-corrected chi connectivity index (χ4v) is 3.91. The maximum absolute atomic E-state index is 4.63. The normalized spacial score (nSPS) is 26.1. The zero-order valence-electron chi connectivity index (χ0n) is 13.2. The summed E-state index contributed by atoms with van der Waals surface area (Å²) in [5.74, 6) is 0. The van der Waals surface area contributed by atoms with E-state index in [0.717, 1.165) is 19.5 Å². The van der Waals surface area contributed by atoms with Gasteiger partial charge in [-0.15, -0.1) is 0 Å². The summed E-state index contributed by atoms with van der Waals surface area (Å²) < 4.78 is 1.97. The Balaban J connectivity index is 1.86. The Morgan fingerprint density at radius 3 is 2.80 bits per heavy atom. The van der Waals surface area contributed by atoms with Crippen LogP contribution in [0.2, 0.25) is 0 Å². The maximum atomic E-state index is 4.63. The van der Waals surface area contributed by atoms with Crippen LogP contribution in [0.4, 0.5) is 5.69 Å². The molecule has 0 bridgehead atoms. The van der Waals surface area contributed by atoms with Gasteiger partial charge >= 0.3 is 0 Å². The lowest BCUT2D eigenvalue weighted by atomic mass is 9.79. The molecule has 1 atom stereocenters. The summed E-state index contributed by atoms with van der Waals surface area (Å²) in [6.07, 6.45) is 10.0. The van der Waals surface area contributed by atoms with Gasteiger partial charge in [0.15, 0.2) is 0 Å². The molecule has 0 aromatic carbocycles. The van der Waals surface area contributed by atoms with Crippen molar-refractivity contribution < 1.29 is 0 Å². The number of nitrogens with zero attached hydrogens (tertiary/aromatic N) is 3. The topological polar surface area (TPSA) is 33.1 Å². The lowest BCUT2D eigenvalue weighted by molar-refractivity contribution is 0.200. The van der Waals surface area contributed by atoms with Crippen molar-refractivity contribution in [1.82, 2.24) is 15.1 Å². The molecule has 1 aromatic heterocycles. The molecule has 1 aliphatic heterocycles. The van der Waals surface area contributed by atoms with Crippen molar-refractivity contribution >= 4 is 5.69 Å². The van der Waals surface area contributed by atoms with Crippen molar-refractivity contribution in [2.75, 3.05) is 18.0 Å². The monoisotopic (exact) mass is 276 g/mol. The molecule has 4 nitrogen and oxygen atoms in total. The van der Waals surface area contributed by atoms with Crippen LogP contribution in [0.15, 0.2) is 6.20 Å². The third kappa shape index (κ3) is 2.46. The van der Waals surface area contributed by atoms with Crippen LogP contribution >= 0.6 is 0 Å². The molecular formula is C16H28N4. The summed E-state index contributed by atoms with van der Waals surface area (Å²) in [4.78, 5) is 2.60. The number of aromatic nitrogens is 2. The Morgan fingerprint density at radius 2 is 2.10 bits per heavy atom. The number of hydrogen-bond acceptors (Lipinski definition) is 3. The smallest absolute Gasteiger partial charge is 0.0855 e. The number of anilines is 1. The minimum Gasteiger partial charge on any atom is -0.363 e. The Bertz CT molecular complexity index is 459. The fourth-order valence-electron chi connectivity index (χ4n) is 3.91. The van der Waals surface area contributed by atoms with Gasteiger partial charge in [-0.05, 0) is 26.2 Å². The van der Waals surface area contributed by atoms with Gasteiger partial charge in [0.25, 0.3) is 0 Å². The molecule has 1 aliphatic carbocycles. The van der Waals surface area contributed by atoms with Gasteiger partial charge in [0.05, 0.1) is 11.4 Å². The van der Waals surface area contributed by atoms with Gasteiger partial charge in [-0.2, -0.15) is 5.10 Å².